The number of aromatic nitrogens is 1. The van der Waals surface area contributed by atoms with E-state index in [-0.39, 0.29) is 11.4 Å². The van der Waals surface area contributed by atoms with Crippen LogP contribution in [0.1, 0.15) is 29.8 Å². The highest BCUT2D eigenvalue weighted by Crippen LogP contribution is 2.35. The van der Waals surface area contributed by atoms with E-state index in [1.54, 1.807) is 18.2 Å². The molecule has 2 rings (SSSR count). The lowest BCUT2D eigenvalue weighted by atomic mass is 9.75. The molecular weight excluding hydrogens is 242 g/mol. The van der Waals surface area contributed by atoms with Crippen LogP contribution >= 0.6 is 0 Å². The summed E-state index contributed by atoms with van der Waals surface area (Å²) >= 11 is 0. The van der Waals surface area contributed by atoms with Crippen LogP contribution < -0.4 is 16.6 Å². The molecule has 0 saturated heterocycles. The molecule has 0 unspecified atom stereocenters. The van der Waals surface area contributed by atoms with Gasteiger partial charge in [-0.2, -0.15) is 0 Å². The summed E-state index contributed by atoms with van der Waals surface area (Å²) in [5.74, 6) is 5.60. The van der Waals surface area contributed by atoms with Crippen molar-refractivity contribution in [3.05, 3.63) is 23.9 Å². The second-order valence-electron chi connectivity index (χ2n) is 5.21. The second kappa shape index (κ2) is 5.54. The Morgan fingerprint density at radius 1 is 1.47 bits per heavy atom. The van der Waals surface area contributed by atoms with E-state index in [4.69, 9.17) is 5.84 Å². The molecule has 1 aromatic heterocycles. The van der Waals surface area contributed by atoms with Gasteiger partial charge in [0, 0.05) is 12.1 Å². The molecule has 4 N–H and O–H groups in total. The maximum Gasteiger partial charge on any atom is 0.270 e. The Kier molecular flexibility index (Phi) is 4.01. The number of nitrogens with two attached hydrogens (primary N) is 1. The van der Waals surface area contributed by atoms with E-state index in [1.165, 1.54) is 6.42 Å². The van der Waals surface area contributed by atoms with Crippen LogP contribution in [-0.4, -0.2) is 42.0 Å². The monoisotopic (exact) mass is 263 g/mol. The lowest BCUT2D eigenvalue weighted by Crippen LogP contribution is -2.57. The van der Waals surface area contributed by atoms with Crippen molar-refractivity contribution in [1.82, 2.24) is 15.2 Å². The first kappa shape index (κ1) is 13.8. The number of carbonyl (C=O) groups is 1. The van der Waals surface area contributed by atoms with Gasteiger partial charge >= 0.3 is 0 Å². The highest BCUT2D eigenvalue weighted by atomic mass is 16.1. The zero-order chi connectivity index (χ0) is 13.9. The van der Waals surface area contributed by atoms with Gasteiger partial charge in [-0.15, -0.1) is 0 Å². The highest BCUT2D eigenvalue weighted by molar-refractivity contribution is 5.92. The summed E-state index contributed by atoms with van der Waals surface area (Å²) < 4.78 is 0. The van der Waals surface area contributed by atoms with Gasteiger partial charge in [-0.3, -0.25) is 4.79 Å². The predicted octanol–water partition coefficient (Wildman–Crippen LogP) is 0.581. The first-order valence-electron chi connectivity index (χ1n) is 6.47. The van der Waals surface area contributed by atoms with Crippen LogP contribution in [0.15, 0.2) is 18.2 Å². The molecule has 0 radical (unpaired) electrons. The number of nitrogens with zero attached hydrogens (tertiary/aromatic N) is 2. The van der Waals surface area contributed by atoms with Crippen LogP contribution in [-0.2, 0) is 0 Å². The number of hydrazine groups is 1. The number of hydrogen-bond donors (Lipinski definition) is 3. The van der Waals surface area contributed by atoms with Crippen molar-refractivity contribution < 1.29 is 4.79 Å². The van der Waals surface area contributed by atoms with Gasteiger partial charge in [0.15, 0.2) is 0 Å². The molecule has 0 aliphatic heterocycles. The third kappa shape index (κ3) is 2.85. The fraction of sp³-hybridized carbons (Fsp3) is 0.538. The van der Waals surface area contributed by atoms with Crippen molar-refractivity contribution in [3.8, 4) is 0 Å². The number of nitrogens with one attached hydrogen (secondary N) is 2. The summed E-state index contributed by atoms with van der Waals surface area (Å²) in [7, 11) is 4.12. The first-order valence-corrected chi connectivity index (χ1v) is 6.47. The van der Waals surface area contributed by atoms with Crippen LogP contribution in [0.5, 0.6) is 0 Å². The molecule has 104 valence electrons. The van der Waals surface area contributed by atoms with E-state index >= 15 is 0 Å². The molecular formula is C13H21N5O. The zero-order valence-corrected chi connectivity index (χ0v) is 11.4. The minimum absolute atomic E-state index is 0.111. The largest absolute Gasteiger partial charge is 0.349 e. The summed E-state index contributed by atoms with van der Waals surface area (Å²) in [6, 6.07) is 5.14. The van der Waals surface area contributed by atoms with Crippen LogP contribution in [0.3, 0.4) is 0 Å². The Morgan fingerprint density at radius 2 is 2.21 bits per heavy atom. The molecule has 1 fully saturated rings. The maximum absolute atomic E-state index is 12.1. The van der Waals surface area contributed by atoms with Gasteiger partial charge in [0.2, 0.25) is 0 Å². The molecule has 0 atom stereocenters. The molecule has 0 bridgehead atoms. The fourth-order valence-corrected chi connectivity index (χ4v) is 2.34. The second-order valence-corrected chi connectivity index (χ2v) is 5.21. The van der Waals surface area contributed by atoms with Crippen molar-refractivity contribution in [2.24, 2.45) is 5.84 Å². The molecule has 1 saturated carbocycles. The minimum atomic E-state index is -0.162. The van der Waals surface area contributed by atoms with E-state index < -0.39 is 0 Å². The van der Waals surface area contributed by atoms with Gasteiger partial charge < -0.3 is 15.6 Å². The number of pyridine rings is 1. The lowest BCUT2D eigenvalue weighted by molar-refractivity contribution is 0.0556. The van der Waals surface area contributed by atoms with E-state index in [0.29, 0.717) is 18.1 Å². The molecule has 1 aliphatic carbocycles. The van der Waals surface area contributed by atoms with E-state index in [1.807, 2.05) is 0 Å². The lowest BCUT2D eigenvalue weighted by Gasteiger charge is -2.47. The number of rotatable bonds is 5. The smallest absolute Gasteiger partial charge is 0.270 e. The molecule has 1 amide bonds. The van der Waals surface area contributed by atoms with Crippen molar-refractivity contribution in [2.45, 2.75) is 24.8 Å². The van der Waals surface area contributed by atoms with Gasteiger partial charge in [-0.25, -0.2) is 10.8 Å². The Bertz CT molecular complexity index is 456. The molecule has 6 heteroatoms. The average molecular weight is 263 g/mol. The van der Waals surface area contributed by atoms with Crippen LogP contribution in [0, 0.1) is 0 Å². The normalized spacial score (nSPS) is 16.8. The average Bonchev–Trinajstić information content (AvgIpc) is 2.37. The van der Waals surface area contributed by atoms with Crippen LogP contribution in [0.2, 0.25) is 0 Å². The first-order chi connectivity index (χ1) is 9.07. The molecule has 1 aliphatic rings. The zero-order valence-electron chi connectivity index (χ0n) is 11.4. The van der Waals surface area contributed by atoms with Gasteiger partial charge in [0.25, 0.3) is 5.91 Å². The van der Waals surface area contributed by atoms with Crippen LogP contribution in [0.25, 0.3) is 0 Å². The Balaban J connectivity index is 1.97. The summed E-state index contributed by atoms with van der Waals surface area (Å²) in [4.78, 5) is 18.4. The SMILES string of the molecule is CN(C)C1(CNC(=O)c2cccc(NN)n2)CCC1. The fourth-order valence-electron chi connectivity index (χ4n) is 2.34. The number of carbonyl (C=O) groups excluding carboxylic acids is 1. The standard InChI is InChI=1S/C13H21N5O/c1-18(2)13(7-4-8-13)9-15-12(19)10-5-3-6-11(16-10)17-14/h3,5-6H,4,7-9,14H2,1-2H3,(H,15,19)(H,16,17). The van der Waals surface area contributed by atoms with Crippen molar-refractivity contribution in [2.75, 3.05) is 26.1 Å². The number of hydrogen-bond acceptors (Lipinski definition) is 5. The van der Waals surface area contributed by atoms with Crippen molar-refractivity contribution >= 4 is 11.7 Å². The maximum atomic E-state index is 12.1. The van der Waals surface area contributed by atoms with Gasteiger partial charge in [0.05, 0.1) is 0 Å². The Morgan fingerprint density at radius 3 is 2.74 bits per heavy atom. The van der Waals surface area contributed by atoms with E-state index in [9.17, 15) is 4.79 Å². The van der Waals surface area contributed by atoms with Gasteiger partial charge in [0.1, 0.15) is 11.5 Å². The minimum Gasteiger partial charge on any atom is -0.349 e. The third-order valence-corrected chi connectivity index (χ3v) is 3.94. The predicted molar refractivity (Wildman–Crippen MR) is 74.6 cm³/mol. The summed E-state index contributed by atoms with van der Waals surface area (Å²) in [6.45, 7) is 0.654. The third-order valence-electron chi connectivity index (χ3n) is 3.94. The van der Waals surface area contributed by atoms with E-state index in [0.717, 1.165) is 12.8 Å². The Hall–Kier alpha value is -1.66. The number of likely N-dealkylation sites (N-methyl/N-ethyl adjacent to an activating group) is 1. The molecule has 0 aromatic carbocycles. The number of nitrogen functional groups attached to an aromatic ring is 1. The topological polar surface area (TPSA) is 83.3 Å². The number of anilines is 1. The van der Waals surface area contributed by atoms with E-state index in [2.05, 4.69) is 34.7 Å². The van der Waals surface area contributed by atoms with Gasteiger partial charge in [-0.05, 0) is 45.5 Å². The molecule has 19 heavy (non-hydrogen) atoms. The summed E-state index contributed by atoms with van der Waals surface area (Å²) in [5.41, 5.74) is 2.92. The number of amides is 1. The van der Waals surface area contributed by atoms with Crippen molar-refractivity contribution in [1.29, 1.82) is 0 Å². The highest BCUT2D eigenvalue weighted by Gasteiger charge is 2.39. The quantitative estimate of drug-likeness (QED) is 0.535. The van der Waals surface area contributed by atoms with Crippen LogP contribution in [0.4, 0.5) is 5.82 Å². The Labute approximate surface area is 113 Å². The molecule has 1 aromatic rings. The van der Waals surface area contributed by atoms with Crippen molar-refractivity contribution in [3.63, 3.8) is 0 Å². The van der Waals surface area contributed by atoms with Gasteiger partial charge in [-0.1, -0.05) is 6.07 Å². The molecule has 0 spiro atoms. The summed E-state index contributed by atoms with van der Waals surface area (Å²) in [5, 5.41) is 2.96. The molecule has 1 heterocycles. The molecule has 6 nitrogen and oxygen atoms in total. The summed E-state index contributed by atoms with van der Waals surface area (Å²) in [6.07, 6.45) is 3.47.